The van der Waals surface area contributed by atoms with E-state index in [1.54, 1.807) is 0 Å². The molecular formula is C14H21BrN2. The molecule has 1 N–H and O–H groups in total. The van der Waals surface area contributed by atoms with Crippen LogP contribution < -0.4 is 10.2 Å². The van der Waals surface area contributed by atoms with Crippen molar-refractivity contribution in [2.45, 2.75) is 38.3 Å². The molecule has 0 amide bonds. The summed E-state index contributed by atoms with van der Waals surface area (Å²) in [5, 5.41) is 3.25. The summed E-state index contributed by atoms with van der Waals surface area (Å²) in [6.45, 7) is 0.922. The average molecular weight is 297 g/mol. The van der Waals surface area contributed by atoms with E-state index in [1.807, 2.05) is 7.05 Å². The van der Waals surface area contributed by atoms with Crippen LogP contribution in [-0.4, -0.2) is 20.1 Å². The van der Waals surface area contributed by atoms with Crippen LogP contribution in [0.5, 0.6) is 0 Å². The first-order chi connectivity index (χ1) is 8.22. The van der Waals surface area contributed by atoms with E-state index >= 15 is 0 Å². The topological polar surface area (TPSA) is 15.3 Å². The molecule has 1 saturated carbocycles. The minimum absolute atomic E-state index is 0.729. The molecule has 0 unspecified atom stereocenters. The van der Waals surface area contributed by atoms with Crippen molar-refractivity contribution < 1.29 is 0 Å². The molecule has 0 aliphatic heterocycles. The van der Waals surface area contributed by atoms with E-state index in [0.717, 1.165) is 17.1 Å². The lowest BCUT2D eigenvalue weighted by atomic mass is 10.1. The molecule has 1 aliphatic carbocycles. The van der Waals surface area contributed by atoms with Crippen LogP contribution in [0.25, 0.3) is 0 Å². The van der Waals surface area contributed by atoms with Crippen molar-refractivity contribution in [1.29, 1.82) is 0 Å². The van der Waals surface area contributed by atoms with Gasteiger partial charge >= 0.3 is 0 Å². The largest absolute Gasteiger partial charge is 0.371 e. The van der Waals surface area contributed by atoms with Crippen molar-refractivity contribution in [2.24, 2.45) is 0 Å². The average Bonchev–Trinajstić information content (AvgIpc) is 2.82. The third-order valence-corrected chi connectivity index (χ3v) is 4.15. The molecule has 1 aromatic rings. The molecule has 1 fully saturated rings. The predicted octanol–water partition coefficient (Wildman–Crippen LogP) is 3.55. The maximum atomic E-state index is 3.55. The number of hydrogen-bond donors (Lipinski definition) is 1. The van der Waals surface area contributed by atoms with Gasteiger partial charge in [-0.2, -0.15) is 0 Å². The Hall–Kier alpha value is -0.540. The van der Waals surface area contributed by atoms with Crippen LogP contribution in [0.4, 0.5) is 5.69 Å². The molecule has 1 aliphatic rings. The van der Waals surface area contributed by atoms with E-state index in [9.17, 15) is 0 Å². The van der Waals surface area contributed by atoms with Crippen LogP contribution >= 0.6 is 15.9 Å². The second-order valence-corrected chi connectivity index (χ2v) is 5.77. The first-order valence-electron chi connectivity index (χ1n) is 6.38. The summed E-state index contributed by atoms with van der Waals surface area (Å²) < 4.78 is 1.16. The fraction of sp³-hybridized carbons (Fsp3) is 0.571. The Morgan fingerprint density at radius 3 is 2.71 bits per heavy atom. The lowest BCUT2D eigenvalue weighted by Crippen LogP contribution is -2.30. The minimum atomic E-state index is 0.729. The van der Waals surface area contributed by atoms with Crippen molar-refractivity contribution in [2.75, 3.05) is 19.0 Å². The summed E-state index contributed by atoms with van der Waals surface area (Å²) in [6.07, 6.45) is 5.44. The maximum absolute atomic E-state index is 3.55. The summed E-state index contributed by atoms with van der Waals surface area (Å²) in [4.78, 5) is 2.46. The summed E-state index contributed by atoms with van der Waals surface area (Å²) in [5.41, 5.74) is 2.74. The van der Waals surface area contributed by atoms with E-state index in [0.29, 0.717) is 0 Å². The fourth-order valence-electron chi connectivity index (χ4n) is 2.72. The zero-order valence-electron chi connectivity index (χ0n) is 10.7. The van der Waals surface area contributed by atoms with Gasteiger partial charge in [-0.1, -0.05) is 28.8 Å². The molecule has 0 saturated heterocycles. The van der Waals surface area contributed by atoms with Gasteiger partial charge in [-0.05, 0) is 43.7 Å². The minimum Gasteiger partial charge on any atom is -0.371 e. The Morgan fingerprint density at radius 2 is 2.06 bits per heavy atom. The van der Waals surface area contributed by atoms with Crippen LogP contribution in [0.3, 0.4) is 0 Å². The smallest absolute Gasteiger partial charge is 0.0412 e. The number of anilines is 1. The standard InChI is InChI=1S/C14H21BrN2/c1-16-10-11-9-12(15)7-8-14(11)17(2)13-5-3-4-6-13/h7-9,13,16H,3-6,10H2,1-2H3. The Kier molecular flexibility index (Phi) is 4.46. The van der Waals surface area contributed by atoms with Crippen LogP contribution in [0.2, 0.25) is 0 Å². The summed E-state index contributed by atoms with van der Waals surface area (Å²) in [7, 11) is 4.23. The fourth-order valence-corrected chi connectivity index (χ4v) is 3.13. The molecule has 3 heteroatoms. The molecule has 2 rings (SSSR count). The Bertz CT molecular complexity index is 372. The molecule has 94 valence electrons. The van der Waals surface area contributed by atoms with E-state index in [-0.39, 0.29) is 0 Å². The van der Waals surface area contributed by atoms with Gasteiger partial charge in [-0.15, -0.1) is 0 Å². The van der Waals surface area contributed by atoms with Crippen molar-refractivity contribution in [3.63, 3.8) is 0 Å². The van der Waals surface area contributed by atoms with Gasteiger partial charge in [0.1, 0.15) is 0 Å². The van der Waals surface area contributed by atoms with Crippen LogP contribution in [-0.2, 0) is 6.54 Å². The van der Waals surface area contributed by atoms with E-state index in [2.05, 4.69) is 51.4 Å². The number of halogens is 1. The zero-order chi connectivity index (χ0) is 12.3. The molecule has 0 aromatic heterocycles. The summed E-state index contributed by atoms with van der Waals surface area (Å²) in [6, 6.07) is 7.32. The van der Waals surface area contributed by atoms with Gasteiger partial charge in [0.25, 0.3) is 0 Å². The highest BCUT2D eigenvalue weighted by Gasteiger charge is 2.21. The van der Waals surface area contributed by atoms with Crippen molar-refractivity contribution in [3.05, 3.63) is 28.2 Å². The predicted molar refractivity (Wildman–Crippen MR) is 77.6 cm³/mol. The zero-order valence-corrected chi connectivity index (χ0v) is 12.3. The Balaban J connectivity index is 2.23. The van der Waals surface area contributed by atoms with Gasteiger partial charge in [-0.3, -0.25) is 0 Å². The van der Waals surface area contributed by atoms with Crippen molar-refractivity contribution in [3.8, 4) is 0 Å². The van der Waals surface area contributed by atoms with Gasteiger partial charge in [-0.25, -0.2) is 0 Å². The second-order valence-electron chi connectivity index (χ2n) is 4.85. The van der Waals surface area contributed by atoms with Gasteiger partial charge < -0.3 is 10.2 Å². The molecule has 2 nitrogen and oxygen atoms in total. The molecule has 0 heterocycles. The first kappa shape index (κ1) is 12.9. The molecule has 17 heavy (non-hydrogen) atoms. The molecular weight excluding hydrogens is 276 g/mol. The summed E-state index contributed by atoms with van der Waals surface area (Å²) in [5.74, 6) is 0. The first-order valence-corrected chi connectivity index (χ1v) is 7.17. The maximum Gasteiger partial charge on any atom is 0.0412 e. The number of hydrogen-bond acceptors (Lipinski definition) is 2. The highest BCUT2D eigenvalue weighted by atomic mass is 79.9. The van der Waals surface area contributed by atoms with E-state index in [1.165, 1.54) is 36.9 Å². The van der Waals surface area contributed by atoms with E-state index < -0.39 is 0 Å². The van der Waals surface area contributed by atoms with Gasteiger partial charge in [0.2, 0.25) is 0 Å². The van der Waals surface area contributed by atoms with Crippen molar-refractivity contribution >= 4 is 21.6 Å². The quantitative estimate of drug-likeness (QED) is 0.914. The monoisotopic (exact) mass is 296 g/mol. The molecule has 0 bridgehead atoms. The van der Waals surface area contributed by atoms with Crippen LogP contribution in [0.15, 0.2) is 22.7 Å². The highest BCUT2D eigenvalue weighted by Crippen LogP contribution is 2.30. The molecule has 0 spiro atoms. The Morgan fingerprint density at radius 1 is 1.35 bits per heavy atom. The Labute approximate surface area is 113 Å². The van der Waals surface area contributed by atoms with E-state index in [4.69, 9.17) is 0 Å². The van der Waals surface area contributed by atoms with Crippen molar-refractivity contribution in [1.82, 2.24) is 5.32 Å². The number of rotatable bonds is 4. The highest BCUT2D eigenvalue weighted by molar-refractivity contribution is 9.10. The van der Waals surface area contributed by atoms with Crippen LogP contribution in [0, 0.1) is 0 Å². The SMILES string of the molecule is CNCc1cc(Br)ccc1N(C)C1CCCC1. The summed E-state index contributed by atoms with van der Waals surface area (Å²) >= 11 is 3.55. The molecule has 0 atom stereocenters. The van der Waals surface area contributed by atoms with Gasteiger partial charge in [0.05, 0.1) is 0 Å². The van der Waals surface area contributed by atoms with Gasteiger partial charge in [0, 0.05) is 29.8 Å². The molecule has 1 aromatic carbocycles. The molecule has 0 radical (unpaired) electrons. The third kappa shape index (κ3) is 3.02. The lowest BCUT2D eigenvalue weighted by Gasteiger charge is -2.29. The lowest BCUT2D eigenvalue weighted by molar-refractivity contribution is 0.648. The van der Waals surface area contributed by atoms with Crippen LogP contribution in [0.1, 0.15) is 31.2 Å². The second kappa shape index (κ2) is 5.87. The number of benzene rings is 1. The normalized spacial score (nSPS) is 16.4. The third-order valence-electron chi connectivity index (χ3n) is 3.66. The number of nitrogens with zero attached hydrogens (tertiary/aromatic N) is 1. The van der Waals surface area contributed by atoms with Gasteiger partial charge in [0.15, 0.2) is 0 Å². The number of nitrogens with one attached hydrogen (secondary N) is 1.